The number of anilines is 2. The first kappa shape index (κ1) is 28.7. The highest BCUT2D eigenvalue weighted by Gasteiger charge is 2.25. The number of hydrogen-bond donors (Lipinski definition) is 2. The fourth-order valence-electron chi connectivity index (χ4n) is 3.84. The van der Waals surface area contributed by atoms with E-state index in [1.165, 1.54) is 37.4 Å². The predicted molar refractivity (Wildman–Crippen MR) is 156 cm³/mol. The van der Waals surface area contributed by atoms with Crippen molar-refractivity contribution in [2.45, 2.75) is 20.5 Å². The Morgan fingerprint density at radius 1 is 1.07 bits per heavy atom. The maximum Gasteiger partial charge on any atom is 0.257 e. The van der Waals surface area contributed by atoms with Crippen LogP contribution in [0.1, 0.15) is 23.7 Å². The molecule has 0 atom stereocenters. The van der Waals surface area contributed by atoms with Crippen LogP contribution in [0.2, 0.25) is 10.0 Å². The van der Waals surface area contributed by atoms with Gasteiger partial charge < -0.3 is 15.8 Å². The highest BCUT2D eigenvalue weighted by molar-refractivity contribution is 6.39. The summed E-state index contributed by atoms with van der Waals surface area (Å²) in [6, 6.07) is 15.7. The van der Waals surface area contributed by atoms with Crippen molar-refractivity contribution in [2.24, 2.45) is 5.73 Å². The molecule has 0 fully saturated rings. The highest BCUT2D eigenvalue weighted by Crippen LogP contribution is 2.36. The molecule has 204 valence electrons. The lowest BCUT2D eigenvalue weighted by Crippen LogP contribution is -2.40. The normalized spacial score (nSPS) is 11.0. The molecule has 4 rings (SSSR count). The zero-order valence-electron chi connectivity index (χ0n) is 21.7. The van der Waals surface area contributed by atoms with Gasteiger partial charge in [0, 0.05) is 40.9 Å². The van der Waals surface area contributed by atoms with E-state index in [2.05, 4.69) is 15.3 Å². The summed E-state index contributed by atoms with van der Waals surface area (Å²) >= 11 is 13.2. The zero-order chi connectivity index (χ0) is 28.8. The summed E-state index contributed by atoms with van der Waals surface area (Å²) in [5.41, 5.74) is 8.20. The lowest BCUT2D eigenvalue weighted by atomic mass is 10.1. The molecule has 0 aliphatic rings. The summed E-state index contributed by atoms with van der Waals surface area (Å²) in [6.45, 7) is 2.79. The van der Waals surface area contributed by atoms with Crippen molar-refractivity contribution in [3.63, 3.8) is 0 Å². The Bertz CT molecular complexity index is 1620. The molecule has 3 N–H and O–H groups in total. The van der Waals surface area contributed by atoms with Crippen LogP contribution in [-0.4, -0.2) is 34.2 Å². The van der Waals surface area contributed by atoms with Gasteiger partial charge in [-0.15, -0.1) is 0 Å². The molecule has 0 spiro atoms. The third-order valence-electron chi connectivity index (χ3n) is 5.75. The molecule has 2 aromatic heterocycles. The Morgan fingerprint density at radius 3 is 2.58 bits per heavy atom. The van der Waals surface area contributed by atoms with Crippen molar-refractivity contribution in [1.29, 1.82) is 0 Å². The fraction of sp³-hybridized carbons (Fsp3) is 0.138. The largest absolute Gasteiger partial charge is 0.487 e. The third-order valence-corrected chi connectivity index (χ3v) is 6.53. The van der Waals surface area contributed by atoms with E-state index in [-0.39, 0.29) is 23.2 Å². The van der Waals surface area contributed by atoms with E-state index < -0.39 is 18.4 Å². The fourth-order valence-corrected chi connectivity index (χ4v) is 4.41. The van der Waals surface area contributed by atoms with Crippen molar-refractivity contribution in [2.75, 3.05) is 16.8 Å². The number of aryl methyl sites for hydroxylation is 1. The van der Waals surface area contributed by atoms with Gasteiger partial charge in [0.2, 0.25) is 11.8 Å². The zero-order valence-corrected chi connectivity index (χ0v) is 23.2. The second-order valence-electron chi connectivity index (χ2n) is 8.69. The van der Waals surface area contributed by atoms with Crippen LogP contribution in [-0.2, 0) is 21.0 Å². The lowest BCUT2D eigenvalue weighted by Gasteiger charge is -2.22. The van der Waals surface area contributed by atoms with Gasteiger partial charge in [-0.1, -0.05) is 41.4 Å². The number of para-hydroxylation sites is 1. The number of carbonyl (C=O) groups is 3. The minimum absolute atomic E-state index is 0.0404. The van der Waals surface area contributed by atoms with Crippen molar-refractivity contribution in [3.8, 4) is 5.75 Å². The number of carbonyl (C=O) groups excluding carboxylic acids is 3. The molecule has 40 heavy (non-hydrogen) atoms. The van der Waals surface area contributed by atoms with Gasteiger partial charge in [-0.2, -0.15) is 0 Å². The number of imide groups is 1. The molecule has 0 unspecified atom stereocenters. The first-order valence-electron chi connectivity index (χ1n) is 12.1. The molecule has 11 heteroatoms. The van der Waals surface area contributed by atoms with Gasteiger partial charge in [-0.3, -0.25) is 14.4 Å². The number of nitrogens with one attached hydrogen (secondary N) is 1. The second kappa shape index (κ2) is 12.7. The van der Waals surface area contributed by atoms with Crippen LogP contribution in [0.5, 0.6) is 5.75 Å². The van der Waals surface area contributed by atoms with Gasteiger partial charge in [0.1, 0.15) is 23.7 Å². The Hall–Kier alpha value is -4.31. The molecular weight excluding hydrogens is 553 g/mol. The summed E-state index contributed by atoms with van der Waals surface area (Å²) in [6.07, 6.45) is 4.15. The summed E-state index contributed by atoms with van der Waals surface area (Å²) in [5, 5.41) is 3.84. The van der Waals surface area contributed by atoms with Crippen LogP contribution in [0.15, 0.2) is 66.9 Å². The SMILES string of the molecule is CC(=O)Nc1ccc(C=CC(=O)N(C(=O)CN)c2ccc(Cl)c(COc3cccc4ccc(C)nc34)c2Cl)cn1. The molecule has 3 amide bonds. The molecular formula is C29H25Cl2N5O4. The quantitative estimate of drug-likeness (QED) is 0.271. The molecule has 2 heterocycles. The average Bonchev–Trinajstić information content (AvgIpc) is 2.93. The molecule has 0 saturated heterocycles. The maximum atomic E-state index is 13.2. The number of aromatic nitrogens is 2. The van der Waals surface area contributed by atoms with Crippen LogP contribution >= 0.6 is 23.2 Å². The Balaban J connectivity index is 1.60. The minimum Gasteiger partial charge on any atom is -0.487 e. The summed E-state index contributed by atoms with van der Waals surface area (Å²) in [5.74, 6) is -0.695. The van der Waals surface area contributed by atoms with Gasteiger partial charge in [-0.05, 0) is 55.0 Å². The molecule has 9 nitrogen and oxygen atoms in total. The van der Waals surface area contributed by atoms with E-state index in [1.807, 2.05) is 31.2 Å². The topological polar surface area (TPSA) is 128 Å². The first-order valence-corrected chi connectivity index (χ1v) is 12.9. The van der Waals surface area contributed by atoms with Crippen LogP contribution in [0.3, 0.4) is 0 Å². The number of hydrogen-bond acceptors (Lipinski definition) is 7. The van der Waals surface area contributed by atoms with E-state index >= 15 is 0 Å². The van der Waals surface area contributed by atoms with Crippen LogP contribution < -0.4 is 20.7 Å². The molecule has 0 saturated carbocycles. The summed E-state index contributed by atoms with van der Waals surface area (Å²) in [4.78, 5) is 46.7. The van der Waals surface area contributed by atoms with Crippen LogP contribution in [0, 0.1) is 6.92 Å². The number of halogens is 2. The molecule has 2 aromatic carbocycles. The van der Waals surface area contributed by atoms with Gasteiger partial charge in [0.25, 0.3) is 5.91 Å². The van der Waals surface area contributed by atoms with E-state index in [9.17, 15) is 14.4 Å². The third kappa shape index (κ3) is 6.63. The van der Waals surface area contributed by atoms with E-state index in [0.717, 1.165) is 16.0 Å². The number of amides is 3. The number of ether oxygens (including phenoxy) is 1. The Kier molecular flexibility index (Phi) is 9.11. The minimum atomic E-state index is -0.675. The number of rotatable bonds is 8. The number of fused-ring (bicyclic) bond motifs is 1. The first-order chi connectivity index (χ1) is 19.2. The number of nitrogens with zero attached hydrogens (tertiary/aromatic N) is 3. The monoisotopic (exact) mass is 577 g/mol. The highest BCUT2D eigenvalue weighted by atomic mass is 35.5. The maximum absolute atomic E-state index is 13.2. The van der Waals surface area contributed by atoms with Crippen molar-refractivity contribution < 1.29 is 19.1 Å². The van der Waals surface area contributed by atoms with Crippen LogP contribution in [0.4, 0.5) is 11.5 Å². The van der Waals surface area contributed by atoms with Gasteiger partial charge in [-0.25, -0.2) is 14.9 Å². The smallest absolute Gasteiger partial charge is 0.257 e. The van der Waals surface area contributed by atoms with E-state index in [4.69, 9.17) is 33.7 Å². The van der Waals surface area contributed by atoms with Crippen LogP contribution in [0.25, 0.3) is 17.0 Å². The Labute approximate surface area is 240 Å². The van der Waals surface area contributed by atoms with Crippen molar-refractivity contribution in [3.05, 3.63) is 93.7 Å². The standard InChI is InChI=1S/C29H25Cl2N5O4/c1-17-6-9-20-4-3-5-24(29(20)34-17)40-16-21-22(30)10-11-23(28(21)31)36(27(39)14-32)26(38)13-8-19-7-12-25(33-15-19)35-18(2)37/h3-13,15H,14,16,32H2,1-2H3,(H,33,35,37). The van der Waals surface area contributed by atoms with E-state index in [0.29, 0.717) is 33.2 Å². The second-order valence-corrected chi connectivity index (χ2v) is 9.48. The Morgan fingerprint density at radius 2 is 1.88 bits per heavy atom. The molecule has 0 aliphatic carbocycles. The molecule has 4 aromatic rings. The van der Waals surface area contributed by atoms with Crippen molar-refractivity contribution in [1.82, 2.24) is 9.97 Å². The number of benzene rings is 2. The summed E-state index contributed by atoms with van der Waals surface area (Å²) in [7, 11) is 0. The van der Waals surface area contributed by atoms with Crippen molar-refractivity contribution >= 4 is 69.4 Å². The van der Waals surface area contributed by atoms with Gasteiger partial charge in [0.15, 0.2) is 0 Å². The van der Waals surface area contributed by atoms with Gasteiger partial charge in [0.05, 0.1) is 17.3 Å². The molecule has 0 aliphatic heterocycles. The van der Waals surface area contributed by atoms with Gasteiger partial charge >= 0.3 is 0 Å². The molecule has 0 bridgehead atoms. The average molecular weight is 578 g/mol. The summed E-state index contributed by atoms with van der Waals surface area (Å²) < 4.78 is 6.05. The van der Waals surface area contributed by atoms with E-state index in [1.54, 1.807) is 18.2 Å². The molecule has 0 radical (unpaired) electrons. The predicted octanol–water partition coefficient (Wildman–Crippen LogP) is 5.31. The number of pyridine rings is 2. The lowest BCUT2D eigenvalue weighted by molar-refractivity contribution is -0.123. The number of nitrogens with two attached hydrogens (primary N) is 1.